The van der Waals surface area contributed by atoms with E-state index in [4.69, 9.17) is 9.88 Å². The molecule has 1 fully saturated rings. The lowest BCUT2D eigenvalue weighted by atomic mass is 10.1. The maximum atomic E-state index is 11.1. The van der Waals surface area contributed by atoms with Crippen LogP contribution in [0.25, 0.3) is 0 Å². The van der Waals surface area contributed by atoms with Gasteiger partial charge >= 0.3 is 0 Å². The minimum atomic E-state index is -3.53. The second-order valence-electron chi connectivity index (χ2n) is 4.56. The van der Waals surface area contributed by atoms with E-state index in [0.717, 1.165) is 12.0 Å². The Morgan fingerprint density at radius 2 is 2.06 bits per heavy atom. The normalized spacial score (nSPS) is 21.3. The van der Waals surface area contributed by atoms with Crippen LogP contribution in [0.4, 0.5) is 0 Å². The third-order valence-corrected chi connectivity index (χ3v) is 4.13. The van der Waals surface area contributed by atoms with Crippen molar-refractivity contribution in [2.45, 2.75) is 13.0 Å². The summed E-state index contributed by atoms with van der Waals surface area (Å²) in [5.74, 6) is 0.243. The number of hydrogen-bond acceptors (Lipinski definition) is 3. The molecule has 6 heteroatoms. The molecule has 100 valence electrons. The Balaban J connectivity index is 1.73. The van der Waals surface area contributed by atoms with Gasteiger partial charge < -0.3 is 4.74 Å². The second kappa shape index (κ2) is 5.79. The molecule has 0 bridgehead atoms. The summed E-state index contributed by atoms with van der Waals surface area (Å²) in [7, 11) is -3.53. The monoisotopic (exact) mass is 270 g/mol. The highest BCUT2D eigenvalue weighted by Crippen LogP contribution is 2.18. The number of nitrogens with two attached hydrogens (primary N) is 1. The van der Waals surface area contributed by atoms with Gasteiger partial charge in [0.1, 0.15) is 0 Å². The van der Waals surface area contributed by atoms with Gasteiger partial charge in [-0.1, -0.05) is 30.3 Å². The summed E-state index contributed by atoms with van der Waals surface area (Å²) >= 11 is 0. The zero-order valence-corrected chi connectivity index (χ0v) is 11.0. The Bertz CT molecular complexity index is 475. The first-order valence-electron chi connectivity index (χ1n) is 5.95. The van der Waals surface area contributed by atoms with E-state index in [9.17, 15) is 8.42 Å². The highest BCUT2D eigenvalue weighted by Gasteiger charge is 2.28. The largest absolute Gasteiger partial charge is 0.376 e. The Morgan fingerprint density at radius 3 is 2.67 bits per heavy atom. The first-order chi connectivity index (χ1) is 8.55. The van der Waals surface area contributed by atoms with Crippen molar-refractivity contribution in [1.82, 2.24) is 4.31 Å². The van der Waals surface area contributed by atoms with Crippen molar-refractivity contribution in [1.29, 1.82) is 0 Å². The summed E-state index contributed by atoms with van der Waals surface area (Å²) in [6, 6.07) is 9.91. The molecule has 1 aromatic rings. The first kappa shape index (κ1) is 13.5. The van der Waals surface area contributed by atoms with Gasteiger partial charge in [0.2, 0.25) is 0 Å². The number of rotatable bonds is 5. The fraction of sp³-hybridized carbons (Fsp3) is 0.500. The lowest BCUT2D eigenvalue weighted by molar-refractivity contribution is 0.0910. The molecule has 5 nitrogen and oxygen atoms in total. The first-order valence-corrected chi connectivity index (χ1v) is 7.45. The third kappa shape index (κ3) is 3.78. The van der Waals surface area contributed by atoms with Gasteiger partial charge in [0.05, 0.1) is 13.2 Å². The van der Waals surface area contributed by atoms with Crippen LogP contribution in [0.5, 0.6) is 0 Å². The molecule has 1 aliphatic rings. The van der Waals surface area contributed by atoms with E-state index in [0.29, 0.717) is 26.3 Å². The van der Waals surface area contributed by atoms with Crippen LogP contribution in [0, 0.1) is 5.92 Å². The summed E-state index contributed by atoms with van der Waals surface area (Å²) in [5.41, 5.74) is 1.12. The van der Waals surface area contributed by atoms with Crippen molar-refractivity contribution in [3.63, 3.8) is 0 Å². The molecule has 1 saturated heterocycles. The van der Waals surface area contributed by atoms with Gasteiger partial charge in [-0.15, -0.1) is 0 Å². The zero-order chi connectivity index (χ0) is 13.0. The second-order valence-corrected chi connectivity index (χ2v) is 6.10. The van der Waals surface area contributed by atoms with Crippen molar-refractivity contribution in [3.05, 3.63) is 35.9 Å². The number of benzene rings is 1. The van der Waals surface area contributed by atoms with Crippen LogP contribution in [-0.4, -0.2) is 32.4 Å². The van der Waals surface area contributed by atoms with Gasteiger partial charge in [-0.3, -0.25) is 0 Å². The van der Waals surface area contributed by atoms with Crippen LogP contribution in [0.2, 0.25) is 0 Å². The third-order valence-electron chi connectivity index (χ3n) is 3.07. The molecule has 0 radical (unpaired) electrons. The van der Waals surface area contributed by atoms with Crippen LogP contribution in [0.15, 0.2) is 30.3 Å². The van der Waals surface area contributed by atoms with E-state index >= 15 is 0 Å². The van der Waals surface area contributed by atoms with E-state index in [-0.39, 0.29) is 5.92 Å². The fourth-order valence-corrected chi connectivity index (χ4v) is 2.86. The SMILES string of the molecule is NS(=O)(=O)N1CCC(COCc2ccccc2)C1. The molecule has 0 aromatic heterocycles. The summed E-state index contributed by atoms with van der Waals surface area (Å²) < 4.78 is 29.2. The standard InChI is InChI=1S/C12H18N2O3S/c13-18(15,16)14-7-6-12(8-14)10-17-9-11-4-2-1-3-5-11/h1-5,12H,6-10H2,(H2,13,15,16). The molecule has 2 N–H and O–H groups in total. The molecule has 0 amide bonds. The van der Waals surface area contributed by atoms with Crippen molar-refractivity contribution < 1.29 is 13.2 Å². The van der Waals surface area contributed by atoms with Crippen LogP contribution < -0.4 is 5.14 Å². The van der Waals surface area contributed by atoms with E-state index in [1.807, 2.05) is 30.3 Å². The maximum Gasteiger partial charge on any atom is 0.276 e. The molecule has 18 heavy (non-hydrogen) atoms. The summed E-state index contributed by atoms with van der Waals surface area (Å²) in [5, 5.41) is 5.08. The average molecular weight is 270 g/mol. The molecular formula is C12H18N2O3S. The minimum Gasteiger partial charge on any atom is -0.376 e. The van der Waals surface area contributed by atoms with Gasteiger partial charge in [0.25, 0.3) is 10.2 Å². The van der Waals surface area contributed by atoms with Crippen molar-refractivity contribution in [2.75, 3.05) is 19.7 Å². The zero-order valence-electron chi connectivity index (χ0n) is 10.2. The Labute approximate surface area is 108 Å². The molecule has 1 aliphatic heterocycles. The van der Waals surface area contributed by atoms with Gasteiger partial charge in [0, 0.05) is 13.1 Å². The average Bonchev–Trinajstić information content (AvgIpc) is 2.79. The number of hydrogen-bond donors (Lipinski definition) is 1. The van der Waals surface area contributed by atoms with Crippen LogP contribution in [0.1, 0.15) is 12.0 Å². The van der Waals surface area contributed by atoms with E-state index in [2.05, 4.69) is 0 Å². The van der Waals surface area contributed by atoms with Gasteiger partial charge in [-0.2, -0.15) is 12.7 Å². The van der Waals surface area contributed by atoms with Crippen LogP contribution >= 0.6 is 0 Å². The minimum absolute atomic E-state index is 0.243. The quantitative estimate of drug-likeness (QED) is 0.857. The van der Waals surface area contributed by atoms with E-state index in [1.165, 1.54) is 4.31 Å². The smallest absolute Gasteiger partial charge is 0.276 e. The molecule has 1 atom stereocenters. The lowest BCUT2D eigenvalue weighted by Crippen LogP contribution is -2.35. The van der Waals surface area contributed by atoms with Crippen molar-refractivity contribution in [3.8, 4) is 0 Å². The fourth-order valence-electron chi connectivity index (χ4n) is 2.08. The number of nitrogens with zero attached hydrogens (tertiary/aromatic N) is 1. The van der Waals surface area contributed by atoms with Crippen molar-refractivity contribution >= 4 is 10.2 Å². The van der Waals surface area contributed by atoms with Gasteiger partial charge in [0.15, 0.2) is 0 Å². The predicted molar refractivity (Wildman–Crippen MR) is 68.9 cm³/mol. The Hall–Kier alpha value is -0.950. The van der Waals surface area contributed by atoms with E-state index < -0.39 is 10.2 Å². The van der Waals surface area contributed by atoms with Crippen LogP contribution in [-0.2, 0) is 21.6 Å². The molecule has 0 spiro atoms. The lowest BCUT2D eigenvalue weighted by Gasteiger charge is -2.13. The molecule has 0 saturated carbocycles. The van der Waals surface area contributed by atoms with E-state index in [1.54, 1.807) is 0 Å². The molecule has 2 rings (SSSR count). The molecule has 1 aromatic carbocycles. The van der Waals surface area contributed by atoms with Crippen molar-refractivity contribution in [2.24, 2.45) is 11.1 Å². The molecule has 1 heterocycles. The summed E-state index contributed by atoms with van der Waals surface area (Å²) in [6.45, 7) is 2.10. The maximum absolute atomic E-state index is 11.1. The van der Waals surface area contributed by atoms with Crippen LogP contribution in [0.3, 0.4) is 0 Å². The highest BCUT2D eigenvalue weighted by atomic mass is 32.2. The summed E-state index contributed by atoms with van der Waals surface area (Å²) in [6.07, 6.45) is 0.811. The van der Waals surface area contributed by atoms with Gasteiger partial charge in [-0.05, 0) is 17.9 Å². The molecule has 0 aliphatic carbocycles. The highest BCUT2D eigenvalue weighted by molar-refractivity contribution is 7.86. The van der Waals surface area contributed by atoms with Gasteiger partial charge in [-0.25, -0.2) is 5.14 Å². The predicted octanol–water partition coefficient (Wildman–Crippen LogP) is 0.729. The topological polar surface area (TPSA) is 72.6 Å². The molecule has 1 unspecified atom stereocenters. The Morgan fingerprint density at radius 1 is 1.33 bits per heavy atom. The molecular weight excluding hydrogens is 252 g/mol. The summed E-state index contributed by atoms with van der Waals surface area (Å²) in [4.78, 5) is 0. The Kier molecular flexibility index (Phi) is 4.34. The number of ether oxygens (including phenoxy) is 1.